The normalized spacial score (nSPS) is 21.6. The molecule has 2 atom stereocenters. The molecule has 0 bridgehead atoms. The van der Waals surface area contributed by atoms with Crippen LogP contribution in [0.1, 0.15) is 44.1 Å². The van der Waals surface area contributed by atoms with Gasteiger partial charge < -0.3 is 20.1 Å². The van der Waals surface area contributed by atoms with Crippen LogP contribution < -0.4 is 15.0 Å². The number of hydrogen-bond acceptors (Lipinski definition) is 8. The minimum atomic E-state index is -0.918. The second-order valence-corrected chi connectivity index (χ2v) is 12.4. The molecule has 0 radical (unpaired) electrons. The second kappa shape index (κ2) is 11.7. The number of anilines is 1. The zero-order chi connectivity index (χ0) is 31.3. The first-order valence-corrected chi connectivity index (χ1v) is 15.5. The van der Waals surface area contributed by atoms with Crippen LogP contribution in [0.5, 0.6) is 11.8 Å². The van der Waals surface area contributed by atoms with Gasteiger partial charge in [0.1, 0.15) is 41.4 Å². The highest BCUT2D eigenvalue weighted by Crippen LogP contribution is 2.42. The number of pyridine rings is 1. The molecule has 2 saturated heterocycles. The Morgan fingerprint density at radius 2 is 2.07 bits per heavy atom. The number of likely N-dealkylation sites (N-methyl/N-ethyl adjacent to an activating group) is 1. The Hall–Kier alpha value is -4.14. The number of rotatable bonds is 9. The first-order valence-electron chi connectivity index (χ1n) is 15.5. The fraction of sp³-hybridized carbons (Fsp3) is 0.441. The third-order valence-corrected chi connectivity index (χ3v) is 9.72. The van der Waals surface area contributed by atoms with Crippen LogP contribution >= 0.6 is 0 Å². The molecule has 45 heavy (non-hydrogen) atoms. The summed E-state index contributed by atoms with van der Waals surface area (Å²) in [7, 11) is 1.87. The number of phenols is 1. The lowest BCUT2D eigenvalue weighted by molar-refractivity contribution is 0.107. The van der Waals surface area contributed by atoms with E-state index in [1.807, 2.05) is 7.05 Å². The van der Waals surface area contributed by atoms with Crippen molar-refractivity contribution in [2.45, 2.75) is 56.3 Å². The Morgan fingerprint density at radius 3 is 2.82 bits per heavy atom. The molecule has 2 aromatic heterocycles. The zero-order valence-corrected chi connectivity index (χ0v) is 25.1. The van der Waals surface area contributed by atoms with Gasteiger partial charge >= 0.3 is 6.01 Å². The smallest absolute Gasteiger partial charge is 0.319 e. The summed E-state index contributed by atoms with van der Waals surface area (Å²) in [5.41, 5.74) is -0.494. The van der Waals surface area contributed by atoms with E-state index >= 15 is 4.39 Å². The zero-order valence-electron chi connectivity index (χ0n) is 25.1. The molecule has 0 spiro atoms. The molecule has 4 heterocycles. The molecule has 8 nitrogen and oxygen atoms in total. The van der Waals surface area contributed by atoms with Crippen LogP contribution in [0.15, 0.2) is 30.5 Å². The fourth-order valence-corrected chi connectivity index (χ4v) is 7.29. The van der Waals surface area contributed by atoms with E-state index in [1.54, 1.807) is 0 Å². The number of phenolic OH excluding ortho intramolecular Hbond substituents is 1. The van der Waals surface area contributed by atoms with Gasteiger partial charge in [0.2, 0.25) is 0 Å². The quantitative estimate of drug-likeness (QED) is 0.244. The number of ether oxygens (including phenoxy) is 1. The van der Waals surface area contributed by atoms with Gasteiger partial charge in [0, 0.05) is 49.2 Å². The highest BCUT2D eigenvalue weighted by atomic mass is 19.1. The molecule has 0 amide bonds. The highest BCUT2D eigenvalue weighted by Gasteiger charge is 2.49. The summed E-state index contributed by atoms with van der Waals surface area (Å²) in [5, 5.41) is 14.8. The Morgan fingerprint density at radius 1 is 1.22 bits per heavy atom. The molecule has 2 aromatic carbocycles. The minimum absolute atomic E-state index is 0.00184. The monoisotopic (exact) mass is 616 g/mol. The number of aromatic nitrogens is 3. The van der Waals surface area contributed by atoms with Crippen LogP contribution in [0.3, 0.4) is 0 Å². The summed E-state index contributed by atoms with van der Waals surface area (Å²) in [6, 6.07) is 5.69. The number of alkyl halides is 1. The predicted molar refractivity (Wildman–Crippen MR) is 167 cm³/mol. The number of aromatic hydroxyl groups is 1. The average molecular weight is 617 g/mol. The highest BCUT2D eigenvalue weighted by molar-refractivity contribution is 6.03. The van der Waals surface area contributed by atoms with E-state index in [4.69, 9.17) is 16.1 Å². The van der Waals surface area contributed by atoms with Crippen molar-refractivity contribution in [2.24, 2.45) is 0 Å². The molecule has 11 heteroatoms. The van der Waals surface area contributed by atoms with Crippen molar-refractivity contribution in [2.75, 3.05) is 44.7 Å². The molecular weight excluding hydrogens is 581 g/mol. The van der Waals surface area contributed by atoms with Gasteiger partial charge in [-0.1, -0.05) is 12.0 Å². The van der Waals surface area contributed by atoms with E-state index in [2.05, 4.69) is 31.0 Å². The Balaban J connectivity index is 1.39. The first-order chi connectivity index (χ1) is 21.8. The Bertz CT molecular complexity index is 1830. The van der Waals surface area contributed by atoms with E-state index in [0.29, 0.717) is 42.6 Å². The van der Waals surface area contributed by atoms with Crippen LogP contribution in [0.2, 0.25) is 0 Å². The van der Waals surface area contributed by atoms with E-state index in [0.717, 1.165) is 38.6 Å². The maximum absolute atomic E-state index is 16.8. The maximum Gasteiger partial charge on any atom is 0.319 e. The van der Waals surface area contributed by atoms with Crippen molar-refractivity contribution in [3.8, 4) is 35.4 Å². The van der Waals surface area contributed by atoms with Gasteiger partial charge in [-0.15, -0.1) is 6.42 Å². The third kappa shape index (κ3) is 5.10. The van der Waals surface area contributed by atoms with Crippen LogP contribution in [0.4, 0.5) is 19.0 Å². The SMILES string of the molecule is C#Cc1c(F)ccc2cc(O)cc(-c3ncc4c(N(CCNC)C5CCC5)nc(OC[C@@]56CCCN5C[C@H](F)C6)nc4c3F)c12. The molecule has 1 saturated carbocycles. The number of nitrogens with zero attached hydrogens (tertiary/aromatic N) is 5. The van der Waals surface area contributed by atoms with Crippen LogP contribution in [-0.2, 0) is 0 Å². The van der Waals surface area contributed by atoms with Gasteiger partial charge in [-0.05, 0) is 69.3 Å². The predicted octanol–water partition coefficient (Wildman–Crippen LogP) is 5.34. The molecule has 4 aromatic rings. The average Bonchev–Trinajstić information content (AvgIpc) is 3.52. The van der Waals surface area contributed by atoms with E-state index in [-0.39, 0.29) is 52.1 Å². The van der Waals surface area contributed by atoms with E-state index in [9.17, 15) is 13.9 Å². The second-order valence-electron chi connectivity index (χ2n) is 12.4. The van der Waals surface area contributed by atoms with Crippen LogP contribution in [-0.4, -0.2) is 82.5 Å². The summed E-state index contributed by atoms with van der Waals surface area (Å²) in [6.07, 6.45) is 11.5. The summed E-state index contributed by atoms with van der Waals surface area (Å²) in [6.45, 7) is 2.69. The van der Waals surface area contributed by atoms with Crippen molar-refractivity contribution < 1.29 is 23.0 Å². The van der Waals surface area contributed by atoms with E-state index < -0.39 is 23.3 Å². The summed E-state index contributed by atoms with van der Waals surface area (Å²) >= 11 is 0. The number of terminal acetylenes is 1. The molecule has 2 aliphatic heterocycles. The topological polar surface area (TPSA) is 86.6 Å². The molecule has 7 rings (SSSR count). The standard InChI is InChI=1S/C34H35F3N6O2/c1-3-24-27(36)9-8-20-14-23(44)15-25(28(20)24)30-29(37)31-26(17-39-30)32(43(13-11-38-2)22-6-4-7-22)41-33(40-31)45-19-34-10-5-12-42(34)18-21(35)16-34/h1,8-9,14-15,17,21-22,38,44H,4-7,10-13,16,18-19H2,2H3/t21-,34+/m1/s1. The molecule has 0 unspecified atom stereocenters. The third-order valence-electron chi connectivity index (χ3n) is 9.72. The lowest BCUT2D eigenvalue weighted by Gasteiger charge is -2.39. The fourth-order valence-electron chi connectivity index (χ4n) is 7.29. The molecule has 234 valence electrons. The van der Waals surface area contributed by atoms with Gasteiger partial charge in [0.15, 0.2) is 5.82 Å². The van der Waals surface area contributed by atoms with Gasteiger partial charge in [-0.25, -0.2) is 13.2 Å². The van der Waals surface area contributed by atoms with E-state index in [1.165, 1.54) is 30.5 Å². The van der Waals surface area contributed by atoms with Crippen LogP contribution in [0.25, 0.3) is 32.9 Å². The largest absolute Gasteiger partial charge is 0.508 e. The lowest BCUT2D eigenvalue weighted by Crippen LogP contribution is -2.44. The molecule has 2 N–H and O–H groups in total. The van der Waals surface area contributed by atoms with Gasteiger partial charge in [-0.3, -0.25) is 9.88 Å². The number of nitrogens with one attached hydrogen (secondary N) is 1. The van der Waals surface area contributed by atoms with Crippen molar-refractivity contribution >= 4 is 27.5 Å². The Labute approximate surface area is 259 Å². The number of benzene rings is 2. The van der Waals surface area contributed by atoms with Crippen molar-refractivity contribution in [3.63, 3.8) is 0 Å². The van der Waals surface area contributed by atoms with Gasteiger partial charge in [-0.2, -0.15) is 9.97 Å². The van der Waals surface area contributed by atoms with Crippen molar-refractivity contribution in [1.29, 1.82) is 0 Å². The summed E-state index contributed by atoms with van der Waals surface area (Å²) in [4.78, 5) is 18.2. The summed E-state index contributed by atoms with van der Waals surface area (Å²) in [5.74, 6) is 1.33. The van der Waals surface area contributed by atoms with Gasteiger partial charge in [0.25, 0.3) is 0 Å². The number of hydrogen-bond donors (Lipinski definition) is 2. The van der Waals surface area contributed by atoms with Gasteiger partial charge in [0.05, 0.1) is 16.5 Å². The van der Waals surface area contributed by atoms with Crippen LogP contribution in [0, 0.1) is 24.0 Å². The van der Waals surface area contributed by atoms with Crippen molar-refractivity contribution in [3.05, 3.63) is 47.7 Å². The molecule has 1 aliphatic carbocycles. The first kappa shape index (κ1) is 29.6. The lowest BCUT2D eigenvalue weighted by atomic mass is 9.91. The molecular formula is C34H35F3N6O2. The molecule has 3 fully saturated rings. The molecule has 3 aliphatic rings. The Kier molecular flexibility index (Phi) is 7.66. The minimum Gasteiger partial charge on any atom is -0.508 e. The summed E-state index contributed by atoms with van der Waals surface area (Å²) < 4.78 is 52.3. The number of fused-ring (bicyclic) bond motifs is 3. The van der Waals surface area contributed by atoms with Crippen molar-refractivity contribution in [1.82, 2.24) is 25.2 Å². The number of halogens is 3. The maximum atomic E-state index is 16.8.